The number of carboxylic acids is 1. The number of amides is 5. The van der Waals surface area contributed by atoms with Gasteiger partial charge in [-0.2, -0.15) is 0 Å². The van der Waals surface area contributed by atoms with Gasteiger partial charge in [-0.25, -0.2) is 4.79 Å². The number of ketones is 1. The predicted molar refractivity (Wildman–Crippen MR) is 118 cm³/mol. The molecule has 1 aliphatic heterocycles. The first-order chi connectivity index (χ1) is 17.0. The quantitative estimate of drug-likeness (QED) is 0.247. The molecule has 1 aromatic carbocycles. The Labute approximate surface area is 204 Å². The number of carboxylic acid groups (broad SMARTS) is 1. The van der Waals surface area contributed by atoms with Gasteiger partial charge < -0.3 is 25.9 Å². The molecule has 36 heavy (non-hydrogen) atoms. The van der Waals surface area contributed by atoms with Gasteiger partial charge in [-0.1, -0.05) is 6.07 Å². The standard InChI is InChI=1S/C22H24N4O10/c1-12(27)10-23-21(34)15(5-8-19(31)32)25-16(28)11-24-20(33)13-3-2-4-14(9-13)22(35)36-26-17(29)6-7-18(26)30/h2-4,9,15H,5-8,10-11H2,1H3,(H,23,34)(H,24,33)(H,25,28)(H,31,32)/t15-/m1/s1. The van der Waals surface area contributed by atoms with Gasteiger partial charge in [0.15, 0.2) is 0 Å². The van der Waals surface area contributed by atoms with Gasteiger partial charge in [-0.3, -0.25) is 33.6 Å². The van der Waals surface area contributed by atoms with Crippen LogP contribution in [0.5, 0.6) is 0 Å². The van der Waals surface area contributed by atoms with Gasteiger partial charge in [-0.05, 0) is 31.5 Å². The first-order valence-corrected chi connectivity index (χ1v) is 10.7. The molecule has 1 aromatic rings. The van der Waals surface area contributed by atoms with Crippen molar-refractivity contribution in [1.82, 2.24) is 21.0 Å². The van der Waals surface area contributed by atoms with Crippen molar-refractivity contribution < 1.29 is 48.3 Å². The van der Waals surface area contributed by atoms with E-state index in [0.29, 0.717) is 5.06 Å². The second-order valence-corrected chi connectivity index (χ2v) is 7.70. The summed E-state index contributed by atoms with van der Waals surface area (Å²) >= 11 is 0. The molecule has 1 atom stereocenters. The normalized spacial score (nSPS) is 13.5. The molecule has 4 N–H and O–H groups in total. The third-order valence-electron chi connectivity index (χ3n) is 4.76. The van der Waals surface area contributed by atoms with E-state index in [1.54, 1.807) is 0 Å². The Hall–Kier alpha value is -4.62. The fraction of sp³-hybridized carbons (Fsp3) is 0.364. The number of hydrogen-bond acceptors (Lipinski definition) is 9. The van der Waals surface area contributed by atoms with E-state index >= 15 is 0 Å². The SMILES string of the molecule is CC(=O)CNC(=O)[C@@H](CCC(=O)O)NC(=O)CNC(=O)c1cccc(C(=O)ON2C(=O)CCC2=O)c1. The van der Waals surface area contributed by atoms with Crippen LogP contribution in [0.3, 0.4) is 0 Å². The minimum atomic E-state index is -1.25. The highest BCUT2D eigenvalue weighted by molar-refractivity contribution is 6.03. The molecule has 1 fully saturated rings. The minimum Gasteiger partial charge on any atom is -0.481 e. The third kappa shape index (κ3) is 8.30. The van der Waals surface area contributed by atoms with Crippen molar-refractivity contribution in [3.05, 3.63) is 35.4 Å². The number of hydrogen-bond donors (Lipinski definition) is 4. The molecular formula is C22H24N4O10. The topological polar surface area (TPSA) is 205 Å². The van der Waals surface area contributed by atoms with Crippen molar-refractivity contribution >= 4 is 47.3 Å². The molecule has 0 saturated carbocycles. The summed E-state index contributed by atoms with van der Waals surface area (Å²) < 4.78 is 0. The van der Waals surface area contributed by atoms with Crippen LogP contribution in [0.25, 0.3) is 0 Å². The number of carbonyl (C=O) groups excluding carboxylic acids is 7. The Morgan fingerprint density at radius 2 is 1.64 bits per heavy atom. The van der Waals surface area contributed by atoms with Crippen LogP contribution in [0.4, 0.5) is 0 Å². The highest BCUT2D eigenvalue weighted by Gasteiger charge is 2.33. The molecule has 2 rings (SSSR count). The van der Waals surface area contributed by atoms with E-state index in [2.05, 4.69) is 16.0 Å². The summed E-state index contributed by atoms with van der Waals surface area (Å²) in [4.78, 5) is 99.0. The molecule has 1 aliphatic rings. The number of nitrogens with one attached hydrogen (secondary N) is 3. The van der Waals surface area contributed by atoms with Crippen molar-refractivity contribution in [2.24, 2.45) is 0 Å². The number of rotatable bonds is 12. The van der Waals surface area contributed by atoms with Crippen LogP contribution in [-0.2, 0) is 33.6 Å². The summed E-state index contributed by atoms with van der Waals surface area (Å²) in [5.41, 5.74) is -0.173. The lowest BCUT2D eigenvalue weighted by molar-refractivity contribution is -0.172. The van der Waals surface area contributed by atoms with E-state index in [1.165, 1.54) is 25.1 Å². The summed E-state index contributed by atoms with van der Waals surface area (Å²) in [5, 5.41) is 16.1. The van der Waals surface area contributed by atoms with E-state index in [9.17, 15) is 38.4 Å². The zero-order valence-electron chi connectivity index (χ0n) is 19.2. The highest BCUT2D eigenvalue weighted by Crippen LogP contribution is 2.15. The molecule has 0 bridgehead atoms. The Kier molecular flexibility index (Phi) is 9.77. The highest BCUT2D eigenvalue weighted by atomic mass is 16.7. The van der Waals surface area contributed by atoms with E-state index < -0.39 is 60.5 Å². The number of benzene rings is 1. The monoisotopic (exact) mass is 504 g/mol. The van der Waals surface area contributed by atoms with E-state index in [-0.39, 0.29) is 42.7 Å². The summed E-state index contributed by atoms with van der Waals surface area (Å²) in [6, 6.07) is 3.86. The smallest absolute Gasteiger partial charge is 0.363 e. The maximum atomic E-state index is 12.4. The van der Waals surface area contributed by atoms with Gasteiger partial charge in [0.2, 0.25) is 11.8 Å². The van der Waals surface area contributed by atoms with Crippen molar-refractivity contribution in [2.75, 3.05) is 13.1 Å². The molecule has 0 radical (unpaired) electrons. The molecule has 0 spiro atoms. The van der Waals surface area contributed by atoms with Crippen LogP contribution in [0.15, 0.2) is 24.3 Å². The number of Topliss-reactive ketones (excluding diaryl/α,β-unsaturated/α-hetero) is 1. The molecule has 0 aliphatic carbocycles. The molecule has 5 amide bonds. The number of imide groups is 1. The van der Waals surface area contributed by atoms with Crippen LogP contribution in [0.2, 0.25) is 0 Å². The average Bonchev–Trinajstić information content (AvgIpc) is 3.15. The first-order valence-electron chi connectivity index (χ1n) is 10.7. The fourth-order valence-corrected chi connectivity index (χ4v) is 2.96. The second kappa shape index (κ2) is 12.7. The van der Waals surface area contributed by atoms with Crippen molar-refractivity contribution in [2.45, 2.75) is 38.6 Å². The molecular weight excluding hydrogens is 480 g/mol. The zero-order valence-corrected chi connectivity index (χ0v) is 19.2. The van der Waals surface area contributed by atoms with Crippen LogP contribution in [0.1, 0.15) is 53.3 Å². The van der Waals surface area contributed by atoms with E-state index in [1.807, 2.05) is 0 Å². The molecule has 192 valence electrons. The van der Waals surface area contributed by atoms with Crippen LogP contribution >= 0.6 is 0 Å². The maximum absolute atomic E-state index is 12.4. The zero-order chi connectivity index (χ0) is 26.8. The Morgan fingerprint density at radius 1 is 1.00 bits per heavy atom. The number of hydroxylamine groups is 2. The lowest BCUT2D eigenvalue weighted by Gasteiger charge is -2.17. The maximum Gasteiger partial charge on any atom is 0.363 e. The lowest BCUT2D eigenvalue weighted by Crippen LogP contribution is -2.50. The van der Waals surface area contributed by atoms with Gasteiger partial charge in [0.1, 0.15) is 11.8 Å². The Morgan fingerprint density at radius 3 is 2.25 bits per heavy atom. The lowest BCUT2D eigenvalue weighted by atomic mass is 10.1. The third-order valence-corrected chi connectivity index (χ3v) is 4.76. The summed E-state index contributed by atoms with van der Waals surface area (Å²) in [7, 11) is 0. The van der Waals surface area contributed by atoms with Crippen molar-refractivity contribution in [3.63, 3.8) is 0 Å². The molecule has 14 nitrogen and oxygen atoms in total. The summed E-state index contributed by atoms with van der Waals surface area (Å²) in [5.74, 6) is -6.23. The average molecular weight is 504 g/mol. The largest absolute Gasteiger partial charge is 0.481 e. The number of aliphatic carboxylic acids is 1. The summed E-state index contributed by atoms with van der Waals surface area (Å²) in [6.07, 6.45) is -0.828. The van der Waals surface area contributed by atoms with Crippen molar-refractivity contribution in [3.8, 4) is 0 Å². The minimum absolute atomic E-state index is 0.0436. The van der Waals surface area contributed by atoms with E-state index in [0.717, 1.165) is 6.07 Å². The van der Waals surface area contributed by atoms with E-state index in [4.69, 9.17) is 9.94 Å². The fourth-order valence-electron chi connectivity index (χ4n) is 2.96. The predicted octanol–water partition coefficient (Wildman–Crippen LogP) is -1.31. The molecule has 1 heterocycles. The van der Waals surface area contributed by atoms with Gasteiger partial charge in [-0.15, -0.1) is 5.06 Å². The molecule has 0 aromatic heterocycles. The summed E-state index contributed by atoms with van der Waals surface area (Å²) in [6.45, 7) is 0.350. The van der Waals surface area contributed by atoms with Crippen LogP contribution < -0.4 is 16.0 Å². The van der Waals surface area contributed by atoms with Gasteiger partial charge in [0.05, 0.1) is 18.7 Å². The molecule has 0 unspecified atom stereocenters. The molecule has 14 heteroatoms. The van der Waals surface area contributed by atoms with Gasteiger partial charge in [0.25, 0.3) is 17.7 Å². The Bertz CT molecular complexity index is 1080. The Balaban J connectivity index is 1.95. The first kappa shape index (κ1) is 27.6. The second-order valence-electron chi connectivity index (χ2n) is 7.70. The van der Waals surface area contributed by atoms with Gasteiger partial charge in [0, 0.05) is 24.8 Å². The van der Waals surface area contributed by atoms with Gasteiger partial charge >= 0.3 is 11.9 Å². The number of carbonyl (C=O) groups is 8. The molecule has 1 saturated heterocycles. The van der Waals surface area contributed by atoms with Crippen LogP contribution in [0, 0.1) is 0 Å². The number of nitrogens with zero attached hydrogens (tertiary/aromatic N) is 1. The van der Waals surface area contributed by atoms with Crippen molar-refractivity contribution in [1.29, 1.82) is 0 Å². The van der Waals surface area contributed by atoms with Crippen LogP contribution in [-0.4, -0.2) is 76.6 Å².